The van der Waals surface area contributed by atoms with E-state index in [9.17, 15) is 0 Å². The van der Waals surface area contributed by atoms with Crippen molar-refractivity contribution in [1.29, 1.82) is 0 Å². The first-order valence-electron chi connectivity index (χ1n) is 5.43. The molecule has 0 unspecified atom stereocenters. The standard InChI is InChI=1S/C13H9ClN4/c14-10-6-7-11(15-8-10)13-16-12(17-18-13)9-4-2-1-3-5-9/h1-8H,(H,16,17,18). The van der Waals surface area contributed by atoms with E-state index in [4.69, 9.17) is 11.6 Å². The molecule has 0 bridgehead atoms. The molecule has 0 aliphatic carbocycles. The van der Waals surface area contributed by atoms with Crippen LogP contribution in [0.3, 0.4) is 0 Å². The average molecular weight is 257 g/mol. The van der Waals surface area contributed by atoms with E-state index >= 15 is 0 Å². The first-order valence-corrected chi connectivity index (χ1v) is 5.80. The third-order valence-electron chi connectivity index (χ3n) is 2.49. The van der Waals surface area contributed by atoms with Gasteiger partial charge in [-0.2, -0.15) is 5.10 Å². The van der Waals surface area contributed by atoms with Crippen LogP contribution in [-0.4, -0.2) is 20.2 Å². The number of halogens is 1. The first kappa shape index (κ1) is 10.9. The van der Waals surface area contributed by atoms with Crippen LogP contribution in [0.2, 0.25) is 5.02 Å². The lowest BCUT2D eigenvalue weighted by Crippen LogP contribution is -1.84. The third kappa shape index (κ3) is 2.10. The van der Waals surface area contributed by atoms with E-state index in [2.05, 4.69) is 20.2 Å². The Kier molecular flexibility index (Phi) is 2.78. The van der Waals surface area contributed by atoms with Gasteiger partial charge in [0.1, 0.15) is 5.69 Å². The molecule has 2 aromatic heterocycles. The lowest BCUT2D eigenvalue weighted by molar-refractivity contribution is 1.09. The van der Waals surface area contributed by atoms with Crippen LogP contribution in [0.5, 0.6) is 0 Å². The minimum atomic E-state index is 0.599. The molecule has 3 aromatic rings. The van der Waals surface area contributed by atoms with E-state index in [0.717, 1.165) is 5.56 Å². The quantitative estimate of drug-likeness (QED) is 0.766. The summed E-state index contributed by atoms with van der Waals surface area (Å²) in [6, 6.07) is 13.4. The molecule has 0 saturated heterocycles. The van der Waals surface area contributed by atoms with Crippen LogP contribution in [0, 0.1) is 0 Å². The molecule has 0 saturated carbocycles. The molecule has 1 aromatic carbocycles. The highest BCUT2D eigenvalue weighted by Gasteiger charge is 2.07. The lowest BCUT2D eigenvalue weighted by Gasteiger charge is -1.94. The molecule has 0 aliphatic rings. The molecule has 0 atom stereocenters. The van der Waals surface area contributed by atoms with Crippen LogP contribution >= 0.6 is 11.6 Å². The Morgan fingerprint density at radius 3 is 2.56 bits per heavy atom. The molecule has 0 spiro atoms. The van der Waals surface area contributed by atoms with Gasteiger partial charge in [0.15, 0.2) is 11.6 Å². The highest BCUT2D eigenvalue weighted by atomic mass is 35.5. The van der Waals surface area contributed by atoms with Crippen molar-refractivity contribution in [2.45, 2.75) is 0 Å². The van der Waals surface area contributed by atoms with Crippen molar-refractivity contribution < 1.29 is 0 Å². The molecular formula is C13H9ClN4. The Morgan fingerprint density at radius 1 is 1.00 bits per heavy atom. The van der Waals surface area contributed by atoms with E-state index < -0.39 is 0 Å². The normalized spacial score (nSPS) is 10.5. The minimum Gasteiger partial charge on any atom is -0.257 e. The summed E-state index contributed by atoms with van der Waals surface area (Å²) in [5, 5.41) is 7.65. The van der Waals surface area contributed by atoms with Gasteiger partial charge in [-0.15, -0.1) is 0 Å². The fraction of sp³-hybridized carbons (Fsp3) is 0. The third-order valence-corrected chi connectivity index (χ3v) is 2.71. The van der Waals surface area contributed by atoms with Crippen molar-refractivity contribution in [2.24, 2.45) is 0 Å². The SMILES string of the molecule is Clc1ccc(-c2nc(-c3ccccc3)n[nH]2)nc1. The van der Waals surface area contributed by atoms with E-state index in [1.165, 1.54) is 0 Å². The Labute approximate surface area is 109 Å². The molecule has 2 heterocycles. The van der Waals surface area contributed by atoms with E-state index in [0.29, 0.717) is 22.4 Å². The maximum Gasteiger partial charge on any atom is 0.181 e. The summed E-state index contributed by atoms with van der Waals surface area (Å²) >= 11 is 5.79. The number of H-pyrrole nitrogens is 1. The summed E-state index contributed by atoms with van der Waals surface area (Å²) in [7, 11) is 0. The summed E-state index contributed by atoms with van der Waals surface area (Å²) in [6.07, 6.45) is 1.58. The largest absolute Gasteiger partial charge is 0.257 e. The molecule has 18 heavy (non-hydrogen) atoms. The van der Waals surface area contributed by atoms with Crippen molar-refractivity contribution in [3.8, 4) is 22.9 Å². The van der Waals surface area contributed by atoms with Gasteiger partial charge in [0.05, 0.1) is 5.02 Å². The van der Waals surface area contributed by atoms with Gasteiger partial charge in [0, 0.05) is 11.8 Å². The van der Waals surface area contributed by atoms with E-state index in [1.54, 1.807) is 18.3 Å². The van der Waals surface area contributed by atoms with Crippen LogP contribution in [0.1, 0.15) is 0 Å². The van der Waals surface area contributed by atoms with Crippen LogP contribution in [0.15, 0.2) is 48.7 Å². The molecule has 0 amide bonds. The van der Waals surface area contributed by atoms with Gasteiger partial charge >= 0.3 is 0 Å². The zero-order valence-electron chi connectivity index (χ0n) is 9.34. The van der Waals surface area contributed by atoms with Gasteiger partial charge in [0.2, 0.25) is 0 Å². The predicted molar refractivity (Wildman–Crippen MR) is 70.1 cm³/mol. The second-order valence-electron chi connectivity index (χ2n) is 3.74. The molecule has 5 heteroatoms. The van der Waals surface area contributed by atoms with Crippen molar-refractivity contribution in [2.75, 3.05) is 0 Å². The zero-order chi connectivity index (χ0) is 12.4. The monoisotopic (exact) mass is 256 g/mol. The van der Waals surface area contributed by atoms with Crippen LogP contribution in [0.25, 0.3) is 22.9 Å². The highest BCUT2D eigenvalue weighted by molar-refractivity contribution is 6.30. The smallest absolute Gasteiger partial charge is 0.181 e. The summed E-state index contributed by atoms with van der Waals surface area (Å²) in [4.78, 5) is 8.60. The Balaban J connectivity index is 1.97. The average Bonchev–Trinajstić information content (AvgIpc) is 2.90. The number of hydrogen-bond donors (Lipinski definition) is 1. The highest BCUT2D eigenvalue weighted by Crippen LogP contribution is 2.19. The second kappa shape index (κ2) is 4.58. The number of hydrogen-bond acceptors (Lipinski definition) is 3. The fourth-order valence-electron chi connectivity index (χ4n) is 1.61. The Bertz CT molecular complexity index is 646. The van der Waals surface area contributed by atoms with Crippen molar-refractivity contribution in [3.63, 3.8) is 0 Å². The molecule has 0 aliphatic heterocycles. The van der Waals surface area contributed by atoms with Crippen LogP contribution in [0.4, 0.5) is 0 Å². The molecular weight excluding hydrogens is 248 g/mol. The predicted octanol–water partition coefficient (Wildman–Crippen LogP) is 3.19. The van der Waals surface area contributed by atoms with Crippen molar-refractivity contribution in [3.05, 3.63) is 53.7 Å². The number of benzene rings is 1. The number of rotatable bonds is 2. The van der Waals surface area contributed by atoms with Gasteiger partial charge in [-0.1, -0.05) is 41.9 Å². The second-order valence-corrected chi connectivity index (χ2v) is 4.17. The van der Waals surface area contributed by atoms with E-state index in [1.807, 2.05) is 30.3 Å². The maximum atomic E-state index is 5.79. The van der Waals surface area contributed by atoms with Crippen molar-refractivity contribution >= 4 is 11.6 Å². The minimum absolute atomic E-state index is 0.599. The first-order chi connectivity index (χ1) is 8.83. The molecule has 0 radical (unpaired) electrons. The number of nitrogens with zero attached hydrogens (tertiary/aromatic N) is 3. The Hall–Kier alpha value is -2.20. The zero-order valence-corrected chi connectivity index (χ0v) is 10.1. The summed E-state index contributed by atoms with van der Waals surface area (Å²) in [5.41, 5.74) is 1.68. The van der Waals surface area contributed by atoms with Crippen LogP contribution in [-0.2, 0) is 0 Å². The summed E-state index contributed by atoms with van der Waals surface area (Å²) in [5.74, 6) is 1.29. The summed E-state index contributed by atoms with van der Waals surface area (Å²) < 4.78 is 0. The van der Waals surface area contributed by atoms with Crippen molar-refractivity contribution in [1.82, 2.24) is 20.2 Å². The topological polar surface area (TPSA) is 54.5 Å². The van der Waals surface area contributed by atoms with E-state index in [-0.39, 0.29) is 0 Å². The molecule has 1 N–H and O–H groups in total. The Morgan fingerprint density at radius 2 is 1.83 bits per heavy atom. The molecule has 0 fully saturated rings. The van der Waals surface area contributed by atoms with Gasteiger partial charge in [-0.05, 0) is 12.1 Å². The fourth-order valence-corrected chi connectivity index (χ4v) is 1.72. The number of pyridine rings is 1. The molecule has 88 valence electrons. The summed E-state index contributed by atoms with van der Waals surface area (Å²) in [6.45, 7) is 0. The van der Waals surface area contributed by atoms with Crippen LogP contribution < -0.4 is 0 Å². The van der Waals surface area contributed by atoms with Gasteiger partial charge in [-0.25, -0.2) is 4.98 Å². The number of nitrogens with one attached hydrogen (secondary N) is 1. The van der Waals surface area contributed by atoms with Gasteiger partial charge in [0.25, 0.3) is 0 Å². The van der Waals surface area contributed by atoms with Gasteiger partial charge < -0.3 is 0 Å². The molecule has 3 rings (SSSR count). The van der Waals surface area contributed by atoms with Gasteiger partial charge in [-0.3, -0.25) is 10.1 Å². The number of aromatic nitrogens is 4. The molecule has 4 nitrogen and oxygen atoms in total. The number of aromatic amines is 1. The lowest BCUT2D eigenvalue weighted by atomic mass is 10.2. The maximum absolute atomic E-state index is 5.79.